The van der Waals surface area contributed by atoms with Gasteiger partial charge in [-0.15, -0.1) is 0 Å². The van der Waals surface area contributed by atoms with Crippen LogP contribution in [0.5, 0.6) is 5.75 Å². The maximum Gasteiger partial charge on any atom is 0.305 e. The first-order chi connectivity index (χ1) is 8.56. The number of carboxylic acids is 1. The Bertz CT molecular complexity index is 451. The fraction of sp³-hybridized carbons (Fsp3) is 0.417. The molecule has 0 aromatic heterocycles. The van der Waals surface area contributed by atoms with Crippen molar-refractivity contribution in [1.82, 2.24) is 0 Å². The van der Waals surface area contributed by atoms with Crippen LogP contribution in [0.1, 0.15) is 18.0 Å². The molecule has 0 saturated carbocycles. The fourth-order valence-electron chi connectivity index (χ4n) is 1.61. The van der Waals surface area contributed by atoms with Crippen LogP contribution in [0.15, 0.2) is 18.2 Å². The van der Waals surface area contributed by atoms with Gasteiger partial charge < -0.3 is 15.6 Å². The lowest BCUT2D eigenvalue weighted by molar-refractivity contribution is -0.137. The Morgan fingerprint density at radius 3 is 2.83 bits per heavy atom. The Balaban J connectivity index is 2.05. The molecule has 0 radical (unpaired) electrons. The number of rotatable bonds is 5. The van der Waals surface area contributed by atoms with E-state index in [2.05, 4.69) is 0 Å². The number of aliphatic carboxylic acids is 1. The summed E-state index contributed by atoms with van der Waals surface area (Å²) in [5.41, 5.74) is 6.48. The second-order valence-corrected chi connectivity index (χ2v) is 5.65. The molecule has 1 atom stereocenters. The molecule has 1 saturated heterocycles. The summed E-state index contributed by atoms with van der Waals surface area (Å²) in [4.78, 5) is 10.6. The molecule has 1 unspecified atom stereocenters. The Morgan fingerprint density at radius 2 is 2.33 bits per heavy atom. The van der Waals surface area contributed by atoms with E-state index in [0.29, 0.717) is 16.3 Å². The molecule has 0 amide bonds. The van der Waals surface area contributed by atoms with Gasteiger partial charge in [0.05, 0.1) is 11.4 Å². The van der Waals surface area contributed by atoms with E-state index in [1.54, 1.807) is 18.2 Å². The first-order valence-corrected chi connectivity index (χ1v) is 7.10. The molecule has 6 heteroatoms. The van der Waals surface area contributed by atoms with Crippen LogP contribution in [0.2, 0.25) is 5.02 Å². The minimum absolute atomic E-state index is 0.115. The Hall–Kier alpha value is -0.910. The molecule has 98 valence electrons. The van der Waals surface area contributed by atoms with Gasteiger partial charge in [0.25, 0.3) is 0 Å². The predicted octanol–water partition coefficient (Wildman–Crippen LogP) is 2.31. The maximum absolute atomic E-state index is 10.6. The van der Waals surface area contributed by atoms with E-state index >= 15 is 0 Å². The minimum Gasteiger partial charge on any atom is -0.487 e. The quantitative estimate of drug-likeness (QED) is 0.869. The van der Waals surface area contributed by atoms with Crippen LogP contribution >= 0.6 is 23.4 Å². The standard InChI is InChI=1S/C12H14ClNO3S/c13-9-3-7(10(14)4-12(15)16)1-2-11(9)17-8-5-18-6-8/h1-3,8,10H,4-6,14H2,(H,15,16). The summed E-state index contributed by atoms with van der Waals surface area (Å²) in [6.45, 7) is 0. The number of thioether (sulfide) groups is 1. The number of nitrogens with two attached hydrogens (primary N) is 1. The second-order valence-electron chi connectivity index (χ2n) is 4.17. The second kappa shape index (κ2) is 5.82. The van der Waals surface area contributed by atoms with Gasteiger partial charge in [0.15, 0.2) is 0 Å². The fourth-order valence-corrected chi connectivity index (χ4v) is 2.41. The van der Waals surface area contributed by atoms with Crippen LogP contribution in [0.4, 0.5) is 0 Å². The van der Waals surface area contributed by atoms with Crippen LogP contribution < -0.4 is 10.5 Å². The molecule has 1 fully saturated rings. The molecule has 1 aliphatic heterocycles. The molecule has 1 aromatic carbocycles. The molecule has 18 heavy (non-hydrogen) atoms. The number of halogens is 1. The lowest BCUT2D eigenvalue weighted by Crippen LogP contribution is -2.31. The van der Waals surface area contributed by atoms with Crippen molar-refractivity contribution in [2.45, 2.75) is 18.6 Å². The van der Waals surface area contributed by atoms with Crippen LogP contribution in [0.25, 0.3) is 0 Å². The summed E-state index contributed by atoms with van der Waals surface area (Å²) in [7, 11) is 0. The average Bonchev–Trinajstić information content (AvgIpc) is 2.23. The SMILES string of the molecule is NC(CC(=O)O)c1ccc(OC2CSC2)c(Cl)c1. The predicted molar refractivity (Wildman–Crippen MR) is 72.4 cm³/mol. The average molecular weight is 288 g/mol. The molecule has 1 aromatic rings. The van der Waals surface area contributed by atoms with E-state index in [1.165, 1.54) is 0 Å². The van der Waals surface area contributed by atoms with Crippen molar-refractivity contribution < 1.29 is 14.6 Å². The molecule has 0 bridgehead atoms. The smallest absolute Gasteiger partial charge is 0.305 e. The lowest BCUT2D eigenvalue weighted by Gasteiger charge is -2.26. The van der Waals surface area contributed by atoms with Gasteiger partial charge in [-0.05, 0) is 17.7 Å². The van der Waals surface area contributed by atoms with Gasteiger partial charge in [-0.3, -0.25) is 4.79 Å². The van der Waals surface area contributed by atoms with Gasteiger partial charge in [0, 0.05) is 17.5 Å². The third kappa shape index (κ3) is 3.31. The van der Waals surface area contributed by atoms with Gasteiger partial charge in [-0.25, -0.2) is 0 Å². The third-order valence-corrected chi connectivity index (χ3v) is 4.19. The zero-order chi connectivity index (χ0) is 13.1. The van der Waals surface area contributed by atoms with Gasteiger partial charge in [0.2, 0.25) is 0 Å². The molecule has 2 rings (SSSR count). The van der Waals surface area contributed by atoms with Gasteiger partial charge in [-0.1, -0.05) is 17.7 Å². The Kier molecular flexibility index (Phi) is 4.37. The first-order valence-electron chi connectivity index (χ1n) is 5.57. The minimum atomic E-state index is -0.926. The van der Waals surface area contributed by atoms with Gasteiger partial charge >= 0.3 is 5.97 Å². The Labute approximate surface area is 114 Å². The lowest BCUT2D eigenvalue weighted by atomic mass is 10.0. The highest BCUT2D eigenvalue weighted by molar-refractivity contribution is 8.00. The molecule has 0 spiro atoms. The number of carbonyl (C=O) groups is 1. The summed E-state index contributed by atoms with van der Waals surface area (Å²) in [6.07, 6.45) is 0.113. The van der Waals surface area contributed by atoms with E-state index in [4.69, 9.17) is 27.2 Å². The number of benzene rings is 1. The van der Waals surface area contributed by atoms with Gasteiger partial charge in [0.1, 0.15) is 11.9 Å². The van der Waals surface area contributed by atoms with Crippen LogP contribution in [-0.4, -0.2) is 28.7 Å². The van der Waals surface area contributed by atoms with Crippen molar-refractivity contribution in [2.24, 2.45) is 5.73 Å². The first kappa shape index (κ1) is 13.5. The molecular weight excluding hydrogens is 274 g/mol. The zero-order valence-electron chi connectivity index (χ0n) is 9.64. The van der Waals surface area contributed by atoms with Crippen molar-refractivity contribution in [2.75, 3.05) is 11.5 Å². The number of carboxylic acid groups (broad SMARTS) is 1. The number of hydrogen-bond acceptors (Lipinski definition) is 4. The highest BCUT2D eigenvalue weighted by Crippen LogP contribution is 2.31. The summed E-state index contributed by atoms with van der Waals surface area (Å²) < 4.78 is 5.69. The van der Waals surface area contributed by atoms with E-state index in [1.807, 2.05) is 11.8 Å². The summed E-state index contributed by atoms with van der Waals surface area (Å²) >= 11 is 7.93. The largest absolute Gasteiger partial charge is 0.487 e. The molecule has 1 heterocycles. The zero-order valence-corrected chi connectivity index (χ0v) is 11.2. The highest BCUT2D eigenvalue weighted by Gasteiger charge is 2.21. The molecule has 4 nitrogen and oxygen atoms in total. The van der Waals surface area contributed by atoms with Crippen LogP contribution in [0.3, 0.4) is 0 Å². The van der Waals surface area contributed by atoms with E-state index in [9.17, 15) is 4.79 Å². The monoisotopic (exact) mass is 287 g/mol. The highest BCUT2D eigenvalue weighted by atomic mass is 35.5. The molecule has 1 aliphatic rings. The molecule has 3 N–H and O–H groups in total. The third-order valence-electron chi connectivity index (χ3n) is 2.68. The van der Waals surface area contributed by atoms with E-state index in [0.717, 1.165) is 11.5 Å². The summed E-state index contributed by atoms with van der Waals surface area (Å²) in [5.74, 6) is 1.67. The van der Waals surface area contributed by atoms with Crippen molar-refractivity contribution in [3.8, 4) is 5.75 Å². The Morgan fingerprint density at radius 1 is 1.61 bits per heavy atom. The summed E-state index contributed by atoms with van der Waals surface area (Å²) in [5, 5.41) is 9.16. The normalized spacial score (nSPS) is 17.0. The number of ether oxygens (including phenoxy) is 1. The molecule has 0 aliphatic carbocycles. The molecular formula is C12H14ClNO3S. The number of hydrogen-bond donors (Lipinski definition) is 2. The maximum atomic E-state index is 10.6. The van der Waals surface area contributed by atoms with Crippen LogP contribution in [-0.2, 0) is 4.79 Å². The topological polar surface area (TPSA) is 72.6 Å². The van der Waals surface area contributed by atoms with Crippen molar-refractivity contribution in [3.63, 3.8) is 0 Å². The van der Waals surface area contributed by atoms with E-state index in [-0.39, 0.29) is 12.5 Å². The van der Waals surface area contributed by atoms with Crippen LogP contribution in [0, 0.1) is 0 Å². The van der Waals surface area contributed by atoms with Crippen molar-refractivity contribution in [3.05, 3.63) is 28.8 Å². The van der Waals surface area contributed by atoms with E-state index < -0.39 is 12.0 Å². The van der Waals surface area contributed by atoms with Gasteiger partial charge in [-0.2, -0.15) is 11.8 Å². The van der Waals surface area contributed by atoms with Crippen molar-refractivity contribution >= 4 is 29.3 Å². The van der Waals surface area contributed by atoms with Crippen molar-refractivity contribution in [1.29, 1.82) is 0 Å². The summed E-state index contributed by atoms with van der Waals surface area (Å²) in [6, 6.07) is 4.65.